The maximum atomic E-state index is 13.0. The van der Waals surface area contributed by atoms with Crippen LogP contribution in [0.25, 0.3) is 0 Å². The van der Waals surface area contributed by atoms with Gasteiger partial charge in [0.15, 0.2) is 0 Å². The van der Waals surface area contributed by atoms with Gasteiger partial charge in [-0.25, -0.2) is 4.98 Å². The Kier molecular flexibility index (Phi) is 4.08. The Bertz CT molecular complexity index is 563. The Labute approximate surface area is 131 Å². The Balaban J connectivity index is 1.85. The maximum absolute atomic E-state index is 13.0. The second-order valence-electron chi connectivity index (χ2n) is 6.64. The minimum atomic E-state index is -0.228. The van der Waals surface area contributed by atoms with Crippen molar-refractivity contribution in [3.8, 4) is 5.88 Å². The lowest BCUT2D eigenvalue weighted by molar-refractivity contribution is 0.0209. The van der Waals surface area contributed by atoms with E-state index in [1.165, 1.54) is 0 Å². The molecule has 5 heteroatoms. The molecule has 1 saturated heterocycles. The van der Waals surface area contributed by atoms with Crippen molar-refractivity contribution in [3.05, 3.63) is 23.9 Å². The van der Waals surface area contributed by atoms with Crippen LogP contribution >= 0.6 is 0 Å². The lowest BCUT2D eigenvalue weighted by Crippen LogP contribution is -2.46. The first kappa shape index (κ1) is 15.3. The van der Waals surface area contributed by atoms with Crippen molar-refractivity contribution in [1.82, 2.24) is 9.88 Å². The van der Waals surface area contributed by atoms with Gasteiger partial charge >= 0.3 is 0 Å². The topological polar surface area (TPSA) is 62.7 Å². The van der Waals surface area contributed by atoms with E-state index in [1.807, 2.05) is 11.8 Å². The van der Waals surface area contributed by atoms with Gasteiger partial charge in [0, 0.05) is 18.8 Å². The van der Waals surface area contributed by atoms with Crippen molar-refractivity contribution in [2.24, 2.45) is 5.41 Å². The van der Waals surface area contributed by atoms with Crippen molar-refractivity contribution in [3.63, 3.8) is 0 Å². The summed E-state index contributed by atoms with van der Waals surface area (Å²) in [5, 5.41) is 9.94. The van der Waals surface area contributed by atoms with E-state index in [9.17, 15) is 9.90 Å². The number of aromatic nitrogens is 1. The number of amides is 1. The van der Waals surface area contributed by atoms with E-state index < -0.39 is 0 Å². The Hall–Kier alpha value is -1.62. The summed E-state index contributed by atoms with van der Waals surface area (Å²) in [4.78, 5) is 19.1. The number of likely N-dealkylation sites (tertiary alicyclic amines) is 1. The maximum Gasteiger partial charge on any atom is 0.259 e. The first-order valence-electron chi connectivity index (χ1n) is 8.12. The van der Waals surface area contributed by atoms with Crippen LogP contribution in [-0.4, -0.2) is 46.2 Å². The van der Waals surface area contributed by atoms with Crippen LogP contribution in [-0.2, 0) is 0 Å². The molecule has 1 N–H and O–H groups in total. The number of hydrogen-bond acceptors (Lipinski definition) is 4. The molecule has 0 aromatic carbocycles. The molecule has 1 saturated carbocycles. The van der Waals surface area contributed by atoms with Crippen molar-refractivity contribution >= 4 is 5.91 Å². The monoisotopic (exact) mass is 304 g/mol. The Morgan fingerprint density at radius 2 is 2.36 bits per heavy atom. The van der Waals surface area contributed by atoms with Gasteiger partial charge in [0.1, 0.15) is 5.56 Å². The van der Waals surface area contributed by atoms with Crippen LogP contribution in [0, 0.1) is 5.41 Å². The molecule has 1 aliphatic heterocycles. The highest BCUT2D eigenvalue weighted by Crippen LogP contribution is 2.47. The minimum absolute atomic E-state index is 0.00154. The predicted molar refractivity (Wildman–Crippen MR) is 82.8 cm³/mol. The summed E-state index contributed by atoms with van der Waals surface area (Å²) in [6.07, 6.45) is 4.79. The second-order valence-corrected chi connectivity index (χ2v) is 6.64. The average Bonchev–Trinajstić information content (AvgIpc) is 2.83. The molecule has 0 bridgehead atoms. The van der Waals surface area contributed by atoms with Crippen LogP contribution in [0.4, 0.5) is 0 Å². The molecule has 22 heavy (non-hydrogen) atoms. The number of hydrogen-bond donors (Lipinski definition) is 1. The van der Waals surface area contributed by atoms with Gasteiger partial charge in [-0.2, -0.15) is 0 Å². The number of carbonyl (C=O) groups excluding carboxylic acids is 1. The predicted octanol–water partition coefficient (Wildman–Crippen LogP) is 2.25. The zero-order valence-corrected chi connectivity index (χ0v) is 13.3. The van der Waals surface area contributed by atoms with Gasteiger partial charge in [0.05, 0.1) is 12.7 Å². The van der Waals surface area contributed by atoms with Gasteiger partial charge in [-0.05, 0) is 50.2 Å². The first-order chi connectivity index (χ1) is 10.5. The molecule has 0 spiro atoms. The summed E-state index contributed by atoms with van der Waals surface area (Å²) in [7, 11) is 0. The van der Waals surface area contributed by atoms with Gasteiger partial charge in [0.25, 0.3) is 5.91 Å². The lowest BCUT2D eigenvalue weighted by atomic mass is 9.71. The van der Waals surface area contributed by atoms with Gasteiger partial charge in [-0.15, -0.1) is 0 Å². The van der Waals surface area contributed by atoms with Gasteiger partial charge in [-0.3, -0.25) is 4.79 Å². The van der Waals surface area contributed by atoms with Crippen LogP contribution in [0.2, 0.25) is 0 Å². The van der Waals surface area contributed by atoms with Crippen LogP contribution in [0.1, 0.15) is 49.9 Å². The highest BCUT2D eigenvalue weighted by Gasteiger charge is 2.49. The van der Waals surface area contributed by atoms with Crippen LogP contribution in [0.3, 0.4) is 0 Å². The highest BCUT2D eigenvalue weighted by atomic mass is 16.5. The van der Waals surface area contributed by atoms with Crippen LogP contribution in [0.5, 0.6) is 5.88 Å². The molecule has 3 atom stereocenters. The molecule has 1 aromatic heterocycles. The number of nitrogens with zero attached hydrogens (tertiary/aromatic N) is 2. The third-order valence-electron chi connectivity index (χ3n) is 5.12. The average molecular weight is 304 g/mol. The molecule has 0 unspecified atom stereocenters. The second kappa shape index (κ2) is 5.88. The number of carbonyl (C=O) groups is 1. The molecule has 1 amide bonds. The Morgan fingerprint density at radius 1 is 1.55 bits per heavy atom. The van der Waals surface area contributed by atoms with E-state index in [4.69, 9.17) is 4.74 Å². The summed E-state index contributed by atoms with van der Waals surface area (Å²) < 4.78 is 5.50. The standard InChI is InChI=1S/C17H24N2O3/c1-3-22-15-13(5-4-9-18-15)16(21)19-10-8-17(2)11-12(20)6-7-14(17)19/h4-5,9,12,14,20H,3,6-8,10-11H2,1-2H3/t12-,14-,17+/m1/s1. The van der Waals surface area contributed by atoms with Gasteiger partial charge in [0.2, 0.25) is 5.88 Å². The molecule has 2 heterocycles. The molecule has 5 nitrogen and oxygen atoms in total. The number of aliphatic hydroxyl groups excluding tert-OH is 1. The molecule has 1 aliphatic carbocycles. The van der Waals surface area contributed by atoms with Crippen LogP contribution < -0.4 is 4.74 Å². The van der Waals surface area contributed by atoms with Crippen molar-refractivity contribution in [2.75, 3.05) is 13.2 Å². The molecular formula is C17H24N2O3. The normalized spacial score (nSPS) is 31.0. The van der Waals surface area contributed by atoms with Crippen molar-refractivity contribution in [2.45, 2.75) is 51.7 Å². The summed E-state index contributed by atoms with van der Waals surface area (Å²) in [6, 6.07) is 3.77. The molecule has 0 radical (unpaired) electrons. The summed E-state index contributed by atoms with van der Waals surface area (Å²) in [5.74, 6) is 0.418. The number of aliphatic hydroxyl groups is 1. The summed E-state index contributed by atoms with van der Waals surface area (Å²) in [6.45, 7) is 5.32. The lowest BCUT2D eigenvalue weighted by Gasteiger charge is -2.41. The van der Waals surface area contributed by atoms with Gasteiger partial charge in [-0.1, -0.05) is 6.92 Å². The zero-order valence-electron chi connectivity index (χ0n) is 13.3. The van der Waals surface area contributed by atoms with Crippen molar-refractivity contribution in [1.29, 1.82) is 0 Å². The van der Waals surface area contributed by atoms with E-state index in [1.54, 1.807) is 18.3 Å². The van der Waals surface area contributed by atoms with E-state index in [2.05, 4.69) is 11.9 Å². The molecule has 1 aromatic rings. The fraction of sp³-hybridized carbons (Fsp3) is 0.647. The molecule has 2 aliphatic rings. The Morgan fingerprint density at radius 3 is 3.14 bits per heavy atom. The van der Waals surface area contributed by atoms with E-state index in [-0.39, 0.29) is 23.5 Å². The third kappa shape index (κ3) is 2.58. The van der Waals surface area contributed by atoms with Crippen LogP contribution in [0.15, 0.2) is 18.3 Å². The van der Waals surface area contributed by atoms with E-state index in [0.717, 1.165) is 32.2 Å². The van der Waals surface area contributed by atoms with E-state index in [0.29, 0.717) is 18.1 Å². The summed E-state index contributed by atoms with van der Waals surface area (Å²) >= 11 is 0. The number of pyridine rings is 1. The molecule has 2 fully saturated rings. The quantitative estimate of drug-likeness (QED) is 0.930. The number of ether oxygens (including phenoxy) is 1. The zero-order chi connectivity index (χ0) is 15.7. The largest absolute Gasteiger partial charge is 0.477 e. The van der Waals surface area contributed by atoms with Crippen molar-refractivity contribution < 1.29 is 14.6 Å². The first-order valence-corrected chi connectivity index (χ1v) is 8.12. The smallest absolute Gasteiger partial charge is 0.259 e. The minimum Gasteiger partial charge on any atom is -0.477 e. The SMILES string of the molecule is CCOc1ncccc1C(=O)N1CC[C@@]2(C)C[C@H](O)CC[C@@H]12. The summed E-state index contributed by atoms with van der Waals surface area (Å²) in [5.41, 5.74) is 0.570. The molecule has 3 rings (SSSR count). The van der Waals surface area contributed by atoms with E-state index >= 15 is 0 Å². The fourth-order valence-electron chi connectivity index (χ4n) is 4.01. The fourth-order valence-corrected chi connectivity index (χ4v) is 4.01. The molecular weight excluding hydrogens is 280 g/mol. The molecule has 120 valence electrons. The number of rotatable bonds is 3. The van der Waals surface area contributed by atoms with Gasteiger partial charge < -0.3 is 14.7 Å². The highest BCUT2D eigenvalue weighted by molar-refractivity contribution is 5.96. The third-order valence-corrected chi connectivity index (χ3v) is 5.12. The number of fused-ring (bicyclic) bond motifs is 1.